The van der Waals surface area contributed by atoms with E-state index in [1.165, 1.54) is 20.5 Å². The van der Waals surface area contributed by atoms with Crippen LogP contribution in [0, 0.1) is 0 Å². The Kier molecular flexibility index (Phi) is 6.15. The fraction of sp³-hybridized carbons (Fsp3) is 0.286. The summed E-state index contributed by atoms with van der Waals surface area (Å²) in [6.45, 7) is 0. The molecule has 0 unspecified atom stereocenters. The van der Waals surface area contributed by atoms with Crippen LogP contribution in [-0.4, -0.2) is 26.2 Å². The normalized spacial score (nSPS) is 10.2. The Morgan fingerprint density at radius 2 is 1.68 bits per heavy atom. The number of rotatable bonds is 6. The lowest BCUT2D eigenvalue weighted by atomic mass is 10.1. The highest BCUT2D eigenvalue weighted by Gasteiger charge is 2.02. The smallest absolute Gasteiger partial charge is 0.309 e. The van der Waals surface area contributed by atoms with Crippen molar-refractivity contribution in [2.75, 3.05) is 14.2 Å². The van der Waals surface area contributed by atoms with E-state index in [4.69, 9.17) is 4.74 Å². The Labute approximate surface area is 111 Å². The van der Waals surface area contributed by atoms with Gasteiger partial charge in [0.1, 0.15) is 5.75 Å². The molecule has 5 heteroatoms. The molecule has 0 aliphatic carbocycles. The predicted octanol–water partition coefficient (Wildman–Crippen LogP) is 1.86. The topological polar surface area (TPSA) is 61.8 Å². The first-order valence-corrected chi connectivity index (χ1v) is 5.70. The monoisotopic (exact) mass is 264 g/mol. The van der Waals surface area contributed by atoms with Gasteiger partial charge < -0.3 is 14.2 Å². The molecule has 0 saturated carbocycles. The van der Waals surface area contributed by atoms with Gasteiger partial charge in [-0.15, -0.1) is 0 Å². The zero-order chi connectivity index (χ0) is 14.1. The van der Waals surface area contributed by atoms with Crippen LogP contribution in [0.25, 0.3) is 0 Å². The van der Waals surface area contributed by atoms with Gasteiger partial charge in [0, 0.05) is 0 Å². The summed E-state index contributed by atoms with van der Waals surface area (Å²) >= 11 is 0. The zero-order valence-corrected chi connectivity index (χ0v) is 10.9. The van der Waals surface area contributed by atoms with E-state index in [0.29, 0.717) is 5.75 Å². The van der Waals surface area contributed by atoms with Crippen molar-refractivity contribution in [3.63, 3.8) is 0 Å². The molecule has 5 nitrogen and oxygen atoms in total. The molecule has 0 spiro atoms. The first-order chi connectivity index (χ1) is 9.15. The Morgan fingerprint density at radius 1 is 1.05 bits per heavy atom. The molecule has 1 rings (SSSR count). The van der Waals surface area contributed by atoms with E-state index in [-0.39, 0.29) is 24.8 Å². The highest BCUT2D eigenvalue weighted by atomic mass is 16.5. The molecule has 0 atom stereocenters. The first kappa shape index (κ1) is 14.8. The molecule has 0 N–H and O–H groups in total. The van der Waals surface area contributed by atoms with Crippen molar-refractivity contribution in [2.45, 2.75) is 12.8 Å². The number of methoxy groups -OCH3 is 2. The van der Waals surface area contributed by atoms with Gasteiger partial charge in [-0.25, -0.2) is 0 Å². The van der Waals surface area contributed by atoms with Gasteiger partial charge in [0.2, 0.25) is 0 Å². The number of ether oxygens (including phenoxy) is 3. The summed E-state index contributed by atoms with van der Waals surface area (Å²) in [7, 11) is 2.68. The minimum Gasteiger partial charge on any atom is -0.469 e. The lowest BCUT2D eigenvalue weighted by Crippen LogP contribution is -2.04. The average Bonchev–Trinajstić information content (AvgIpc) is 2.44. The summed E-state index contributed by atoms with van der Waals surface area (Å²) in [5.41, 5.74) is 0.845. The van der Waals surface area contributed by atoms with Crippen LogP contribution in [0.5, 0.6) is 5.75 Å². The SMILES string of the molecule is COC(=O)C/C=C\Oc1ccc(CC(=O)OC)cc1. The summed E-state index contributed by atoms with van der Waals surface area (Å²) in [5, 5.41) is 0. The molecule has 1 aromatic carbocycles. The number of benzene rings is 1. The first-order valence-electron chi connectivity index (χ1n) is 5.70. The summed E-state index contributed by atoms with van der Waals surface area (Å²) in [5.74, 6) is 0.00893. The highest BCUT2D eigenvalue weighted by Crippen LogP contribution is 2.13. The Bertz CT molecular complexity index is 447. The molecule has 0 aliphatic heterocycles. The molecule has 0 fully saturated rings. The fourth-order valence-electron chi connectivity index (χ4n) is 1.28. The molecule has 102 valence electrons. The number of carbonyl (C=O) groups excluding carboxylic acids is 2. The molecule has 0 aromatic heterocycles. The summed E-state index contributed by atoms with van der Waals surface area (Å²) in [4.78, 5) is 21.9. The predicted molar refractivity (Wildman–Crippen MR) is 68.6 cm³/mol. The second kappa shape index (κ2) is 7.92. The number of carbonyl (C=O) groups is 2. The molecular weight excluding hydrogens is 248 g/mol. The number of esters is 2. The van der Waals surface area contributed by atoms with Crippen LogP contribution in [0.15, 0.2) is 36.6 Å². The molecule has 0 saturated heterocycles. The van der Waals surface area contributed by atoms with Crippen molar-refractivity contribution in [1.82, 2.24) is 0 Å². The van der Waals surface area contributed by atoms with Gasteiger partial charge in [-0.3, -0.25) is 9.59 Å². The third-order valence-corrected chi connectivity index (χ3v) is 2.31. The van der Waals surface area contributed by atoms with Crippen LogP contribution in [0.1, 0.15) is 12.0 Å². The van der Waals surface area contributed by atoms with Crippen molar-refractivity contribution >= 4 is 11.9 Å². The van der Waals surface area contributed by atoms with Crippen LogP contribution in [0.3, 0.4) is 0 Å². The molecule has 1 aromatic rings. The number of hydrogen-bond acceptors (Lipinski definition) is 5. The van der Waals surface area contributed by atoms with Gasteiger partial charge in [-0.2, -0.15) is 0 Å². The van der Waals surface area contributed by atoms with Gasteiger partial charge in [0.05, 0.1) is 33.3 Å². The highest BCUT2D eigenvalue weighted by molar-refractivity contribution is 5.72. The zero-order valence-electron chi connectivity index (χ0n) is 10.9. The molecular formula is C14H16O5. The van der Waals surface area contributed by atoms with Crippen LogP contribution < -0.4 is 4.74 Å². The summed E-state index contributed by atoms with van der Waals surface area (Å²) < 4.78 is 14.3. The van der Waals surface area contributed by atoms with Gasteiger partial charge >= 0.3 is 11.9 Å². The minimum atomic E-state index is -0.326. The minimum absolute atomic E-state index is 0.164. The maximum Gasteiger partial charge on any atom is 0.309 e. The lowest BCUT2D eigenvalue weighted by Gasteiger charge is -2.02. The molecule has 0 radical (unpaired) electrons. The lowest BCUT2D eigenvalue weighted by molar-refractivity contribution is -0.140. The van der Waals surface area contributed by atoms with E-state index >= 15 is 0 Å². The van der Waals surface area contributed by atoms with E-state index < -0.39 is 0 Å². The van der Waals surface area contributed by atoms with Crippen molar-refractivity contribution in [2.24, 2.45) is 0 Å². The largest absolute Gasteiger partial charge is 0.469 e. The Hall–Kier alpha value is -2.30. The van der Waals surface area contributed by atoms with Crippen molar-refractivity contribution in [1.29, 1.82) is 0 Å². The third kappa shape index (κ3) is 5.72. The van der Waals surface area contributed by atoms with E-state index in [1.807, 2.05) is 0 Å². The molecule has 0 aliphatic rings. The van der Waals surface area contributed by atoms with E-state index in [2.05, 4.69) is 9.47 Å². The Morgan fingerprint density at radius 3 is 2.26 bits per heavy atom. The quantitative estimate of drug-likeness (QED) is 0.579. The molecule has 0 amide bonds. The van der Waals surface area contributed by atoms with Gasteiger partial charge in [0.15, 0.2) is 0 Å². The average molecular weight is 264 g/mol. The van der Waals surface area contributed by atoms with Gasteiger partial charge in [-0.05, 0) is 23.8 Å². The van der Waals surface area contributed by atoms with Crippen LogP contribution in [-0.2, 0) is 25.5 Å². The van der Waals surface area contributed by atoms with E-state index in [9.17, 15) is 9.59 Å². The van der Waals surface area contributed by atoms with Crippen LogP contribution in [0.4, 0.5) is 0 Å². The Balaban J connectivity index is 2.44. The summed E-state index contributed by atoms with van der Waals surface area (Å²) in [6, 6.07) is 7.03. The van der Waals surface area contributed by atoms with Gasteiger partial charge in [-0.1, -0.05) is 12.1 Å². The fourth-order valence-corrected chi connectivity index (χ4v) is 1.28. The third-order valence-electron chi connectivity index (χ3n) is 2.31. The van der Waals surface area contributed by atoms with Crippen LogP contribution in [0.2, 0.25) is 0 Å². The van der Waals surface area contributed by atoms with Crippen molar-refractivity contribution < 1.29 is 23.8 Å². The summed E-state index contributed by atoms with van der Waals surface area (Å²) in [6.07, 6.45) is 3.38. The standard InChI is InChI=1S/C14H16O5/c1-17-13(15)4-3-9-19-12-7-5-11(6-8-12)10-14(16)18-2/h3,5-9H,4,10H2,1-2H3/b9-3-. The van der Waals surface area contributed by atoms with Crippen molar-refractivity contribution in [3.8, 4) is 5.75 Å². The number of hydrogen-bond donors (Lipinski definition) is 0. The van der Waals surface area contributed by atoms with Crippen molar-refractivity contribution in [3.05, 3.63) is 42.2 Å². The molecule has 0 heterocycles. The maximum atomic E-state index is 11.1. The second-order valence-electron chi connectivity index (χ2n) is 3.67. The van der Waals surface area contributed by atoms with E-state index in [0.717, 1.165) is 5.56 Å². The maximum absolute atomic E-state index is 11.1. The van der Waals surface area contributed by atoms with E-state index in [1.54, 1.807) is 30.3 Å². The van der Waals surface area contributed by atoms with Gasteiger partial charge in [0.25, 0.3) is 0 Å². The second-order valence-corrected chi connectivity index (χ2v) is 3.67. The van der Waals surface area contributed by atoms with Crippen LogP contribution >= 0.6 is 0 Å². The molecule has 0 bridgehead atoms. The molecule has 19 heavy (non-hydrogen) atoms.